The number of fused-ring (bicyclic) bond motifs is 1. The van der Waals surface area contributed by atoms with E-state index in [2.05, 4.69) is 25.7 Å². The molecule has 0 atom stereocenters. The van der Waals surface area contributed by atoms with E-state index in [9.17, 15) is 0 Å². The zero-order valence-corrected chi connectivity index (χ0v) is 13.4. The Hall–Kier alpha value is -2.38. The van der Waals surface area contributed by atoms with E-state index in [4.69, 9.17) is 16.7 Å². The van der Waals surface area contributed by atoms with Crippen LogP contribution in [-0.4, -0.2) is 38.0 Å². The van der Waals surface area contributed by atoms with Gasteiger partial charge in [0.2, 0.25) is 5.95 Å². The number of benzene rings is 1. The molecular weight excluding hydrogens is 316 g/mol. The van der Waals surface area contributed by atoms with Gasteiger partial charge in [-0.05, 0) is 17.7 Å². The molecule has 0 saturated heterocycles. The molecule has 8 heteroatoms. The van der Waals surface area contributed by atoms with Crippen LogP contribution in [0.15, 0.2) is 30.5 Å². The van der Waals surface area contributed by atoms with E-state index in [0.717, 1.165) is 16.6 Å². The molecule has 0 aliphatic carbocycles. The Kier molecular flexibility index (Phi) is 4.59. The van der Waals surface area contributed by atoms with Crippen LogP contribution in [-0.2, 0) is 13.6 Å². The van der Waals surface area contributed by atoms with Crippen molar-refractivity contribution < 1.29 is 5.11 Å². The predicted molar refractivity (Wildman–Crippen MR) is 90.7 cm³/mol. The van der Waals surface area contributed by atoms with Crippen molar-refractivity contribution in [3.05, 3.63) is 41.0 Å². The number of aliphatic hydroxyl groups is 1. The molecule has 1 aromatic carbocycles. The van der Waals surface area contributed by atoms with Gasteiger partial charge in [-0.2, -0.15) is 15.1 Å². The van der Waals surface area contributed by atoms with E-state index in [-0.39, 0.29) is 6.61 Å². The van der Waals surface area contributed by atoms with Gasteiger partial charge in [-0.3, -0.25) is 4.68 Å². The fourth-order valence-electron chi connectivity index (χ4n) is 2.19. The maximum atomic E-state index is 8.94. The van der Waals surface area contributed by atoms with E-state index >= 15 is 0 Å². The van der Waals surface area contributed by atoms with Crippen LogP contribution in [0.1, 0.15) is 5.56 Å². The SMILES string of the molecule is Cn1ncc2c(NCc3ccc(Cl)cc3)nc(NCCO)nc21. The number of aryl methyl sites for hydroxylation is 1. The van der Waals surface area contributed by atoms with Crippen LogP contribution in [0.2, 0.25) is 5.02 Å². The lowest BCUT2D eigenvalue weighted by molar-refractivity contribution is 0.311. The monoisotopic (exact) mass is 332 g/mol. The summed E-state index contributed by atoms with van der Waals surface area (Å²) in [7, 11) is 1.83. The van der Waals surface area contributed by atoms with E-state index < -0.39 is 0 Å². The van der Waals surface area contributed by atoms with Gasteiger partial charge in [0.1, 0.15) is 5.82 Å². The molecule has 0 aliphatic rings. The van der Waals surface area contributed by atoms with Crippen LogP contribution in [0.5, 0.6) is 0 Å². The van der Waals surface area contributed by atoms with Crippen molar-refractivity contribution in [3.63, 3.8) is 0 Å². The molecule has 0 spiro atoms. The van der Waals surface area contributed by atoms with Crippen molar-refractivity contribution in [1.29, 1.82) is 0 Å². The molecule has 3 rings (SSSR count). The van der Waals surface area contributed by atoms with Gasteiger partial charge >= 0.3 is 0 Å². The van der Waals surface area contributed by atoms with Crippen molar-refractivity contribution >= 4 is 34.4 Å². The third-order valence-electron chi connectivity index (χ3n) is 3.36. The second-order valence-electron chi connectivity index (χ2n) is 5.03. The van der Waals surface area contributed by atoms with Crippen LogP contribution in [0.3, 0.4) is 0 Å². The molecule has 0 saturated carbocycles. The fourth-order valence-corrected chi connectivity index (χ4v) is 2.32. The number of hydrogen-bond acceptors (Lipinski definition) is 6. The number of halogens is 1. The molecule has 2 aromatic heterocycles. The molecule has 0 unspecified atom stereocenters. The Morgan fingerprint density at radius 2 is 1.96 bits per heavy atom. The van der Waals surface area contributed by atoms with E-state index in [1.165, 1.54) is 0 Å². The number of nitrogens with zero attached hydrogens (tertiary/aromatic N) is 4. The number of hydrogen-bond donors (Lipinski definition) is 3. The molecular formula is C15H17ClN6O. The quantitative estimate of drug-likeness (QED) is 0.640. The molecule has 0 bridgehead atoms. The molecule has 0 fully saturated rings. The number of nitrogens with one attached hydrogen (secondary N) is 2. The average Bonchev–Trinajstić information content (AvgIpc) is 2.93. The maximum Gasteiger partial charge on any atom is 0.226 e. The molecule has 0 radical (unpaired) electrons. The maximum absolute atomic E-state index is 8.94. The lowest BCUT2D eigenvalue weighted by Gasteiger charge is -2.10. The Morgan fingerprint density at radius 3 is 2.70 bits per heavy atom. The summed E-state index contributed by atoms with van der Waals surface area (Å²) in [6.07, 6.45) is 1.73. The highest BCUT2D eigenvalue weighted by molar-refractivity contribution is 6.30. The second kappa shape index (κ2) is 6.80. The third kappa shape index (κ3) is 3.52. The van der Waals surface area contributed by atoms with Gasteiger partial charge in [-0.25, -0.2) is 0 Å². The van der Waals surface area contributed by atoms with Crippen LogP contribution < -0.4 is 10.6 Å². The number of rotatable bonds is 6. The number of anilines is 2. The highest BCUT2D eigenvalue weighted by Crippen LogP contribution is 2.22. The van der Waals surface area contributed by atoms with Gasteiger partial charge in [0, 0.05) is 25.2 Å². The molecule has 120 valence electrons. The first-order valence-corrected chi connectivity index (χ1v) is 7.58. The predicted octanol–water partition coefficient (Wildman–Crippen LogP) is 2.03. The molecule has 0 amide bonds. The summed E-state index contributed by atoms with van der Waals surface area (Å²) in [4.78, 5) is 8.87. The molecule has 3 N–H and O–H groups in total. The number of aliphatic hydroxyl groups excluding tert-OH is 1. The topological polar surface area (TPSA) is 87.9 Å². The van der Waals surface area contributed by atoms with E-state index in [1.807, 2.05) is 31.3 Å². The van der Waals surface area contributed by atoms with Gasteiger partial charge in [0.15, 0.2) is 5.65 Å². The largest absolute Gasteiger partial charge is 0.395 e. The molecule has 3 aromatic rings. The zero-order chi connectivity index (χ0) is 16.2. The number of aromatic nitrogens is 4. The van der Waals surface area contributed by atoms with Gasteiger partial charge in [0.05, 0.1) is 18.2 Å². The van der Waals surface area contributed by atoms with Crippen molar-refractivity contribution in [2.75, 3.05) is 23.8 Å². The normalized spacial score (nSPS) is 10.9. The molecule has 7 nitrogen and oxygen atoms in total. The van der Waals surface area contributed by atoms with Crippen molar-refractivity contribution in [1.82, 2.24) is 19.7 Å². The average molecular weight is 333 g/mol. The van der Waals surface area contributed by atoms with Gasteiger partial charge < -0.3 is 15.7 Å². The molecule has 23 heavy (non-hydrogen) atoms. The van der Waals surface area contributed by atoms with Crippen LogP contribution >= 0.6 is 11.6 Å². The van der Waals surface area contributed by atoms with E-state index in [1.54, 1.807) is 10.9 Å². The van der Waals surface area contributed by atoms with Gasteiger partial charge in [-0.1, -0.05) is 23.7 Å². The van der Waals surface area contributed by atoms with Crippen molar-refractivity contribution in [3.8, 4) is 0 Å². The summed E-state index contributed by atoms with van der Waals surface area (Å²) in [6.45, 7) is 1.01. The Balaban J connectivity index is 1.87. The van der Waals surface area contributed by atoms with Crippen LogP contribution in [0, 0.1) is 0 Å². The van der Waals surface area contributed by atoms with Crippen LogP contribution in [0.25, 0.3) is 11.0 Å². The van der Waals surface area contributed by atoms with Gasteiger partial charge in [-0.15, -0.1) is 0 Å². The van der Waals surface area contributed by atoms with Crippen LogP contribution in [0.4, 0.5) is 11.8 Å². The summed E-state index contributed by atoms with van der Waals surface area (Å²) in [5.74, 6) is 1.15. The highest BCUT2D eigenvalue weighted by Gasteiger charge is 2.11. The Labute approximate surface area is 138 Å². The minimum absolute atomic E-state index is 0.0142. The summed E-state index contributed by atoms with van der Waals surface area (Å²) in [5, 5.41) is 21.0. The minimum atomic E-state index is 0.0142. The Bertz CT molecular complexity index is 802. The summed E-state index contributed by atoms with van der Waals surface area (Å²) >= 11 is 5.90. The second-order valence-corrected chi connectivity index (χ2v) is 5.47. The lowest BCUT2D eigenvalue weighted by Crippen LogP contribution is -2.11. The van der Waals surface area contributed by atoms with Crippen molar-refractivity contribution in [2.24, 2.45) is 7.05 Å². The standard InChI is InChI=1S/C15H17ClN6O/c1-22-14-12(9-19-22)13(20-15(21-14)17-6-7-23)18-8-10-2-4-11(16)5-3-10/h2-5,9,23H,6-8H2,1H3,(H2,17,18,20,21). The summed E-state index contributed by atoms with van der Waals surface area (Å²) in [6, 6.07) is 7.63. The highest BCUT2D eigenvalue weighted by atomic mass is 35.5. The third-order valence-corrected chi connectivity index (χ3v) is 3.61. The summed E-state index contributed by atoms with van der Waals surface area (Å²) < 4.78 is 1.69. The minimum Gasteiger partial charge on any atom is -0.395 e. The van der Waals surface area contributed by atoms with Crippen molar-refractivity contribution in [2.45, 2.75) is 6.54 Å². The van der Waals surface area contributed by atoms with E-state index in [0.29, 0.717) is 29.9 Å². The first-order chi connectivity index (χ1) is 11.2. The molecule has 2 heterocycles. The first-order valence-electron chi connectivity index (χ1n) is 7.20. The Morgan fingerprint density at radius 1 is 1.17 bits per heavy atom. The lowest BCUT2D eigenvalue weighted by atomic mass is 10.2. The fraction of sp³-hybridized carbons (Fsp3) is 0.267. The molecule has 0 aliphatic heterocycles. The van der Waals surface area contributed by atoms with Gasteiger partial charge in [0.25, 0.3) is 0 Å². The summed E-state index contributed by atoms with van der Waals surface area (Å²) in [5.41, 5.74) is 1.81. The zero-order valence-electron chi connectivity index (χ0n) is 12.6. The first kappa shape index (κ1) is 15.5. The smallest absolute Gasteiger partial charge is 0.226 e.